The van der Waals surface area contributed by atoms with Gasteiger partial charge in [-0.15, -0.1) is 0 Å². The number of carbonyl (C=O) groups excluding carboxylic acids is 2. The number of rotatable bonds is 8. The minimum atomic E-state index is -0.603. The molecule has 0 aliphatic heterocycles. The van der Waals surface area contributed by atoms with E-state index in [0.29, 0.717) is 36.1 Å². The second-order valence-corrected chi connectivity index (χ2v) is 9.82. The monoisotopic (exact) mass is 546 g/mol. The third-order valence-corrected chi connectivity index (χ3v) is 5.53. The summed E-state index contributed by atoms with van der Waals surface area (Å²) in [5.41, 5.74) is 0.338. The Bertz CT molecular complexity index is 1570. The summed E-state index contributed by atoms with van der Waals surface area (Å²) in [5.74, 6) is 1.11. The molecule has 0 radical (unpaired) electrons. The predicted octanol–water partition coefficient (Wildman–Crippen LogP) is 3.31. The maximum atomic E-state index is 12.5. The fraction of sp³-hybridized carbons (Fsp3) is 0.296. The quantitative estimate of drug-likeness (QED) is 0.339. The van der Waals surface area contributed by atoms with Gasteiger partial charge in [-0.1, -0.05) is 0 Å². The van der Waals surface area contributed by atoms with Gasteiger partial charge in [0.1, 0.15) is 34.3 Å². The van der Waals surface area contributed by atoms with E-state index in [0.717, 1.165) is 5.56 Å². The fourth-order valence-electron chi connectivity index (χ4n) is 3.45. The van der Waals surface area contributed by atoms with E-state index in [1.54, 1.807) is 76.1 Å². The Morgan fingerprint density at radius 3 is 2.55 bits per heavy atom. The van der Waals surface area contributed by atoms with Crippen molar-refractivity contribution >= 4 is 17.8 Å². The Morgan fingerprint density at radius 1 is 1.02 bits per heavy atom. The molecule has 2 N–H and O–H groups in total. The van der Waals surface area contributed by atoms with Gasteiger partial charge in [-0.05, 0) is 45.9 Å². The largest absolute Gasteiger partial charge is 0.456 e. The van der Waals surface area contributed by atoms with Crippen molar-refractivity contribution in [3.63, 3.8) is 0 Å². The average molecular weight is 547 g/mol. The molecule has 0 spiro atoms. The van der Waals surface area contributed by atoms with Gasteiger partial charge in [0.2, 0.25) is 0 Å². The van der Waals surface area contributed by atoms with Gasteiger partial charge in [0.25, 0.3) is 11.5 Å². The lowest BCUT2D eigenvalue weighted by atomic mass is 10.2. The highest BCUT2D eigenvalue weighted by Crippen LogP contribution is 2.25. The van der Waals surface area contributed by atoms with Crippen LogP contribution in [0.2, 0.25) is 0 Å². The lowest BCUT2D eigenvalue weighted by molar-refractivity contribution is 0.0525. The number of anilines is 1. The first-order valence-corrected chi connectivity index (χ1v) is 12.4. The molecule has 0 saturated heterocycles. The topological polar surface area (TPSA) is 155 Å². The van der Waals surface area contributed by atoms with Crippen LogP contribution in [0, 0.1) is 6.92 Å². The summed E-state index contributed by atoms with van der Waals surface area (Å²) < 4.78 is 14.1. The molecule has 0 fully saturated rings. The predicted molar refractivity (Wildman–Crippen MR) is 146 cm³/mol. The third-order valence-electron chi connectivity index (χ3n) is 5.53. The fourth-order valence-corrected chi connectivity index (χ4v) is 3.45. The van der Waals surface area contributed by atoms with Crippen molar-refractivity contribution in [1.29, 1.82) is 0 Å². The number of ether oxygens (including phenoxy) is 2. The molecule has 4 rings (SSSR count). The van der Waals surface area contributed by atoms with E-state index in [1.165, 1.54) is 17.0 Å². The second kappa shape index (κ2) is 11.8. The zero-order valence-electron chi connectivity index (χ0n) is 22.8. The highest BCUT2D eigenvalue weighted by atomic mass is 16.6. The zero-order valence-corrected chi connectivity index (χ0v) is 22.8. The average Bonchev–Trinajstić information content (AvgIpc) is 3.36. The van der Waals surface area contributed by atoms with Crippen molar-refractivity contribution in [3.05, 3.63) is 77.0 Å². The van der Waals surface area contributed by atoms with Crippen molar-refractivity contribution in [2.75, 3.05) is 11.9 Å². The molecule has 0 atom stereocenters. The molecule has 0 aliphatic rings. The summed E-state index contributed by atoms with van der Waals surface area (Å²) in [6.45, 7) is 7.90. The lowest BCUT2D eigenvalue weighted by Crippen LogP contribution is -2.34. The van der Waals surface area contributed by atoms with E-state index in [-0.39, 0.29) is 11.4 Å². The van der Waals surface area contributed by atoms with Gasteiger partial charge < -0.3 is 20.1 Å². The van der Waals surface area contributed by atoms with Crippen LogP contribution >= 0.6 is 0 Å². The van der Waals surface area contributed by atoms with Crippen LogP contribution in [0.25, 0.3) is 11.3 Å². The molecule has 0 bridgehead atoms. The number of carbonyl (C=O) groups is 2. The van der Waals surface area contributed by atoms with Gasteiger partial charge in [0, 0.05) is 43.8 Å². The summed E-state index contributed by atoms with van der Waals surface area (Å²) >= 11 is 0. The van der Waals surface area contributed by atoms with Crippen molar-refractivity contribution in [2.45, 2.75) is 39.8 Å². The molecule has 4 aromatic rings. The standard InChI is InChI=1S/C27H30N8O5/c1-17-30-15-21(25(37)34(17)5)24(36)33-23-7-6-20(14-31-23)39-19-8-9-28-22(12-19)18-13-32-35(16-18)11-10-29-26(38)40-27(2,3)4/h6-9,12-16H,10-11H2,1-5H3,(H,29,38)(H,31,33,36). The Balaban J connectivity index is 1.34. The van der Waals surface area contributed by atoms with E-state index in [1.807, 2.05) is 6.20 Å². The third kappa shape index (κ3) is 7.28. The number of nitrogens with one attached hydrogen (secondary N) is 2. The smallest absolute Gasteiger partial charge is 0.407 e. The van der Waals surface area contributed by atoms with E-state index >= 15 is 0 Å². The first kappa shape index (κ1) is 28.0. The molecule has 4 aromatic heterocycles. The van der Waals surface area contributed by atoms with Crippen LogP contribution in [-0.4, -0.2) is 53.4 Å². The van der Waals surface area contributed by atoms with Crippen LogP contribution in [-0.2, 0) is 18.3 Å². The number of aromatic nitrogens is 6. The van der Waals surface area contributed by atoms with Crippen LogP contribution in [0.3, 0.4) is 0 Å². The summed E-state index contributed by atoms with van der Waals surface area (Å²) in [6, 6.07) is 6.67. The van der Waals surface area contributed by atoms with Gasteiger partial charge >= 0.3 is 6.09 Å². The molecule has 2 amide bonds. The first-order chi connectivity index (χ1) is 19.0. The minimum Gasteiger partial charge on any atom is -0.456 e. The summed E-state index contributed by atoms with van der Waals surface area (Å²) in [7, 11) is 1.55. The molecule has 4 heterocycles. The van der Waals surface area contributed by atoms with E-state index in [4.69, 9.17) is 9.47 Å². The lowest BCUT2D eigenvalue weighted by Gasteiger charge is -2.19. The van der Waals surface area contributed by atoms with Gasteiger partial charge in [0.15, 0.2) is 0 Å². The van der Waals surface area contributed by atoms with Crippen molar-refractivity contribution in [1.82, 2.24) is 34.6 Å². The van der Waals surface area contributed by atoms with Crippen molar-refractivity contribution in [3.8, 4) is 22.8 Å². The normalized spacial score (nSPS) is 11.1. The molecule has 40 heavy (non-hydrogen) atoms. The van der Waals surface area contributed by atoms with Crippen LogP contribution < -0.4 is 20.9 Å². The van der Waals surface area contributed by atoms with Gasteiger partial charge in [-0.25, -0.2) is 14.8 Å². The number of nitrogens with zero attached hydrogens (tertiary/aromatic N) is 6. The molecule has 0 aromatic carbocycles. The highest BCUT2D eigenvalue weighted by Gasteiger charge is 2.16. The number of hydrogen-bond donors (Lipinski definition) is 2. The summed E-state index contributed by atoms with van der Waals surface area (Å²) in [6.07, 6.45) is 7.33. The zero-order chi connectivity index (χ0) is 28.9. The Kier molecular flexibility index (Phi) is 8.22. The maximum absolute atomic E-state index is 12.5. The number of hydrogen-bond acceptors (Lipinski definition) is 9. The summed E-state index contributed by atoms with van der Waals surface area (Å²) in [4.78, 5) is 49.3. The van der Waals surface area contributed by atoms with Crippen molar-refractivity contribution in [2.24, 2.45) is 7.05 Å². The SMILES string of the molecule is Cc1ncc(C(=O)Nc2ccc(Oc3ccnc(-c4cnn(CCNC(=O)OC(C)(C)C)c4)c3)cn2)c(=O)n1C. The van der Waals surface area contributed by atoms with E-state index in [9.17, 15) is 14.4 Å². The molecular formula is C27H30N8O5. The highest BCUT2D eigenvalue weighted by molar-refractivity contribution is 6.03. The molecule has 0 saturated carbocycles. The number of aryl methyl sites for hydroxylation is 1. The summed E-state index contributed by atoms with van der Waals surface area (Å²) in [5, 5.41) is 9.61. The molecule has 13 nitrogen and oxygen atoms in total. The maximum Gasteiger partial charge on any atom is 0.407 e. The van der Waals surface area contributed by atoms with Crippen LogP contribution in [0.15, 0.2) is 60.0 Å². The van der Waals surface area contributed by atoms with Crippen LogP contribution in [0.1, 0.15) is 37.0 Å². The van der Waals surface area contributed by atoms with Crippen LogP contribution in [0.4, 0.5) is 10.6 Å². The Morgan fingerprint density at radius 2 is 1.82 bits per heavy atom. The van der Waals surface area contributed by atoms with Gasteiger partial charge in [0.05, 0.1) is 24.6 Å². The first-order valence-electron chi connectivity index (χ1n) is 12.4. The number of amides is 2. The molecular weight excluding hydrogens is 516 g/mol. The Hall–Kier alpha value is -5.07. The minimum absolute atomic E-state index is 0.0813. The molecule has 208 valence electrons. The van der Waals surface area contributed by atoms with E-state index in [2.05, 4.69) is 30.7 Å². The van der Waals surface area contributed by atoms with Gasteiger partial charge in [-0.3, -0.25) is 23.8 Å². The number of alkyl carbamates (subject to hydrolysis) is 1. The second-order valence-electron chi connectivity index (χ2n) is 9.82. The van der Waals surface area contributed by atoms with E-state index < -0.39 is 23.2 Å². The molecule has 0 aliphatic carbocycles. The molecule has 0 unspecified atom stereocenters. The Labute approximate surface area is 230 Å². The molecule has 13 heteroatoms. The van der Waals surface area contributed by atoms with Crippen LogP contribution in [0.5, 0.6) is 11.5 Å². The van der Waals surface area contributed by atoms with Crippen molar-refractivity contribution < 1.29 is 19.1 Å². The number of pyridine rings is 2. The van der Waals surface area contributed by atoms with Gasteiger partial charge in [-0.2, -0.15) is 5.10 Å².